The number of aryl methyl sites for hydroxylation is 1. The van der Waals surface area contributed by atoms with Crippen LogP contribution >= 0.6 is 0 Å². The van der Waals surface area contributed by atoms with Crippen LogP contribution in [0.5, 0.6) is 11.5 Å². The van der Waals surface area contributed by atoms with E-state index in [1.807, 2.05) is 12.1 Å². The predicted octanol–water partition coefficient (Wildman–Crippen LogP) is 5.95. The summed E-state index contributed by atoms with van der Waals surface area (Å²) in [6, 6.07) is 19.0. The van der Waals surface area contributed by atoms with Crippen LogP contribution in [0.1, 0.15) is 24.0 Å². The lowest BCUT2D eigenvalue weighted by Crippen LogP contribution is -2.08. The summed E-state index contributed by atoms with van der Waals surface area (Å²) in [6.45, 7) is 0. The molecule has 0 spiro atoms. The van der Waals surface area contributed by atoms with Crippen molar-refractivity contribution in [1.82, 2.24) is 4.98 Å². The molecule has 1 aromatic heterocycles. The number of methoxy groups -OCH3 is 2. The highest BCUT2D eigenvalue weighted by Gasteiger charge is 2.23. The number of hydrogen-bond donors (Lipinski definition) is 0. The van der Waals surface area contributed by atoms with E-state index in [4.69, 9.17) is 14.5 Å². The molecular formula is C25H23NO2. The molecule has 0 saturated carbocycles. The minimum absolute atomic E-state index is 0.741. The maximum Gasteiger partial charge on any atom is 0.170 e. The largest absolute Gasteiger partial charge is 0.493 e. The van der Waals surface area contributed by atoms with Crippen LogP contribution in [-0.2, 0) is 12.8 Å². The molecular weight excluding hydrogens is 346 g/mol. The number of fused-ring (bicyclic) bond motifs is 5. The molecule has 3 heteroatoms. The van der Waals surface area contributed by atoms with E-state index in [1.54, 1.807) is 14.2 Å². The zero-order chi connectivity index (χ0) is 19.1. The molecule has 0 amide bonds. The summed E-state index contributed by atoms with van der Waals surface area (Å²) in [7, 11) is 3.37. The van der Waals surface area contributed by atoms with Crippen molar-refractivity contribution in [3.63, 3.8) is 0 Å². The fourth-order valence-electron chi connectivity index (χ4n) is 4.60. The standard InChI is InChI=1S/C25H23NO2/c1-27-22-13-7-12-20(25(22)28-2)24-19-11-6-5-10-18(19)23-17-9-4-3-8-16(17)14-15-21(23)26-24/h3-4,7-9,12-15H,5-6,10-11H2,1-2H3. The van der Waals surface area contributed by atoms with Gasteiger partial charge in [0.15, 0.2) is 11.5 Å². The normalized spacial score (nSPS) is 13.5. The zero-order valence-electron chi connectivity index (χ0n) is 16.3. The molecule has 0 atom stereocenters. The fourth-order valence-corrected chi connectivity index (χ4v) is 4.60. The van der Waals surface area contributed by atoms with Crippen LogP contribution in [0, 0.1) is 0 Å². The van der Waals surface area contributed by atoms with Gasteiger partial charge in [0.2, 0.25) is 0 Å². The highest BCUT2D eigenvalue weighted by molar-refractivity contribution is 6.09. The Bertz CT molecular complexity index is 1200. The lowest BCUT2D eigenvalue weighted by Gasteiger charge is -2.23. The van der Waals surface area contributed by atoms with Gasteiger partial charge in [-0.05, 0) is 65.8 Å². The Kier molecular flexibility index (Phi) is 4.16. The number of ether oxygens (including phenoxy) is 2. The molecule has 3 aromatic carbocycles. The van der Waals surface area contributed by atoms with Crippen molar-refractivity contribution in [3.8, 4) is 22.8 Å². The molecule has 1 aliphatic carbocycles. The van der Waals surface area contributed by atoms with E-state index < -0.39 is 0 Å². The highest BCUT2D eigenvalue weighted by atomic mass is 16.5. The predicted molar refractivity (Wildman–Crippen MR) is 114 cm³/mol. The minimum atomic E-state index is 0.741. The van der Waals surface area contributed by atoms with Crippen LogP contribution in [0.4, 0.5) is 0 Å². The SMILES string of the molecule is COc1cccc(-c2nc3ccc4ccccc4c3c3c2CCCC3)c1OC. The lowest BCUT2D eigenvalue weighted by atomic mass is 9.85. The molecule has 4 aromatic rings. The van der Waals surface area contributed by atoms with Crippen molar-refractivity contribution < 1.29 is 9.47 Å². The average Bonchev–Trinajstić information content (AvgIpc) is 2.77. The van der Waals surface area contributed by atoms with Crippen molar-refractivity contribution in [2.45, 2.75) is 25.7 Å². The lowest BCUT2D eigenvalue weighted by molar-refractivity contribution is 0.356. The van der Waals surface area contributed by atoms with Crippen molar-refractivity contribution >= 4 is 21.7 Å². The summed E-state index contributed by atoms with van der Waals surface area (Å²) in [5.41, 5.74) is 5.91. The van der Waals surface area contributed by atoms with Gasteiger partial charge in [-0.25, -0.2) is 4.98 Å². The molecule has 0 N–H and O–H groups in total. The first-order valence-electron chi connectivity index (χ1n) is 9.86. The second-order valence-electron chi connectivity index (χ2n) is 7.35. The van der Waals surface area contributed by atoms with E-state index in [1.165, 1.54) is 40.1 Å². The van der Waals surface area contributed by atoms with Crippen LogP contribution in [0.15, 0.2) is 54.6 Å². The van der Waals surface area contributed by atoms with Crippen LogP contribution < -0.4 is 9.47 Å². The van der Waals surface area contributed by atoms with Gasteiger partial charge < -0.3 is 9.47 Å². The fraction of sp³-hybridized carbons (Fsp3) is 0.240. The third-order valence-corrected chi connectivity index (χ3v) is 5.85. The number of benzene rings is 3. The molecule has 0 saturated heterocycles. The number of nitrogens with zero attached hydrogens (tertiary/aromatic N) is 1. The van der Waals surface area contributed by atoms with Gasteiger partial charge in [-0.1, -0.05) is 36.4 Å². The van der Waals surface area contributed by atoms with Crippen molar-refractivity contribution in [2.24, 2.45) is 0 Å². The summed E-state index contributed by atoms with van der Waals surface area (Å²) in [5, 5.41) is 3.89. The third-order valence-electron chi connectivity index (χ3n) is 5.85. The second-order valence-corrected chi connectivity index (χ2v) is 7.35. The van der Waals surface area contributed by atoms with Crippen LogP contribution in [0.2, 0.25) is 0 Å². The highest BCUT2D eigenvalue weighted by Crippen LogP contribution is 2.43. The molecule has 0 radical (unpaired) electrons. The third kappa shape index (κ3) is 2.54. The molecule has 5 rings (SSSR count). The van der Waals surface area contributed by atoms with E-state index >= 15 is 0 Å². The smallest absolute Gasteiger partial charge is 0.170 e. The van der Waals surface area contributed by atoms with E-state index in [2.05, 4.69) is 42.5 Å². The Morgan fingerprint density at radius 2 is 1.61 bits per heavy atom. The van der Waals surface area contributed by atoms with E-state index in [0.717, 1.165) is 41.1 Å². The van der Waals surface area contributed by atoms with Gasteiger partial charge in [-0.15, -0.1) is 0 Å². The van der Waals surface area contributed by atoms with Crippen molar-refractivity contribution in [2.75, 3.05) is 14.2 Å². The molecule has 28 heavy (non-hydrogen) atoms. The second kappa shape index (κ2) is 6.83. The molecule has 0 bridgehead atoms. The van der Waals surface area contributed by atoms with Gasteiger partial charge in [0.25, 0.3) is 0 Å². The molecule has 1 heterocycles. The number of rotatable bonds is 3. The minimum Gasteiger partial charge on any atom is -0.493 e. The number of aromatic nitrogens is 1. The van der Waals surface area contributed by atoms with Gasteiger partial charge in [-0.3, -0.25) is 0 Å². The molecule has 1 aliphatic rings. The van der Waals surface area contributed by atoms with Crippen LogP contribution in [0.25, 0.3) is 32.9 Å². The summed E-state index contributed by atoms with van der Waals surface area (Å²) in [5.74, 6) is 1.50. The Balaban J connectivity index is 1.88. The topological polar surface area (TPSA) is 31.4 Å². The Hall–Kier alpha value is -3.07. The molecule has 3 nitrogen and oxygen atoms in total. The van der Waals surface area contributed by atoms with Gasteiger partial charge in [-0.2, -0.15) is 0 Å². The Labute approximate surface area is 164 Å². The van der Waals surface area contributed by atoms with E-state index in [0.29, 0.717) is 0 Å². The van der Waals surface area contributed by atoms with Gasteiger partial charge in [0.1, 0.15) is 0 Å². The summed E-state index contributed by atoms with van der Waals surface area (Å²) < 4.78 is 11.3. The first-order chi connectivity index (χ1) is 13.8. The Morgan fingerprint density at radius 3 is 2.43 bits per heavy atom. The first-order valence-corrected chi connectivity index (χ1v) is 9.86. The first kappa shape index (κ1) is 17.1. The van der Waals surface area contributed by atoms with Crippen molar-refractivity contribution in [1.29, 1.82) is 0 Å². The molecule has 0 unspecified atom stereocenters. The zero-order valence-corrected chi connectivity index (χ0v) is 16.3. The maximum atomic E-state index is 5.73. The van der Waals surface area contributed by atoms with E-state index in [-0.39, 0.29) is 0 Å². The molecule has 0 aliphatic heterocycles. The molecule has 0 fully saturated rings. The number of para-hydroxylation sites is 1. The Morgan fingerprint density at radius 1 is 0.786 bits per heavy atom. The van der Waals surface area contributed by atoms with Crippen LogP contribution in [-0.4, -0.2) is 19.2 Å². The molecule has 140 valence electrons. The quantitative estimate of drug-likeness (QED) is 0.418. The average molecular weight is 369 g/mol. The monoisotopic (exact) mass is 369 g/mol. The summed E-state index contributed by atoms with van der Waals surface area (Å²) >= 11 is 0. The van der Waals surface area contributed by atoms with Crippen LogP contribution in [0.3, 0.4) is 0 Å². The number of hydrogen-bond acceptors (Lipinski definition) is 3. The number of pyridine rings is 1. The van der Waals surface area contributed by atoms with Gasteiger partial charge in [0, 0.05) is 10.9 Å². The van der Waals surface area contributed by atoms with Gasteiger partial charge in [0.05, 0.1) is 25.4 Å². The van der Waals surface area contributed by atoms with E-state index in [9.17, 15) is 0 Å². The summed E-state index contributed by atoms with van der Waals surface area (Å²) in [6.07, 6.45) is 4.58. The van der Waals surface area contributed by atoms with Gasteiger partial charge >= 0.3 is 0 Å². The summed E-state index contributed by atoms with van der Waals surface area (Å²) in [4.78, 5) is 5.16. The van der Waals surface area contributed by atoms with Crippen molar-refractivity contribution in [3.05, 3.63) is 65.7 Å². The maximum absolute atomic E-state index is 5.73.